The van der Waals surface area contributed by atoms with Crippen LogP contribution in [-0.2, 0) is 6.42 Å². The number of aromatic nitrogens is 3. The fraction of sp³-hybridized carbons (Fsp3) is 0.333. The first kappa shape index (κ1) is 18.7. The maximum Gasteiger partial charge on any atom is 0.159 e. The van der Waals surface area contributed by atoms with Crippen LogP contribution < -0.4 is 9.80 Å². The molecular formula is C24H26N6. The molecule has 0 N–H and O–H groups in total. The van der Waals surface area contributed by atoms with Crippen molar-refractivity contribution in [3.05, 3.63) is 66.6 Å². The first-order valence-corrected chi connectivity index (χ1v) is 10.6. The highest BCUT2D eigenvalue weighted by Crippen LogP contribution is 2.30. The normalized spacial score (nSPS) is 21.4. The van der Waals surface area contributed by atoms with Gasteiger partial charge >= 0.3 is 0 Å². The monoisotopic (exact) mass is 398 g/mol. The van der Waals surface area contributed by atoms with Gasteiger partial charge in [-0.15, -0.1) is 5.10 Å². The number of fused-ring (bicyclic) bond motifs is 1. The zero-order chi connectivity index (χ0) is 20.3. The van der Waals surface area contributed by atoms with Crippen molar-refractivity contribution in [1.82, 2.24) is 15.2 Å². The van der Waals surface area contributed by atoms with E-state index in [4.69, 9.17) is 10.2 Å². The SMILES string of the molecule is CC1C=NC=CC1Cc1nnc(N2CCN(c3ccccn3)CC2)c2ccccc12. The van der Waals surface area contributed by atoms with E-state index in [1.165, 1.54) is 10.8 Å². The number of hydrogen-bond acceptors (Lipinski definition) is 6. The van der Waals surface area contributed by atoms with E-state index < -0.39 is 0 Å². The van der Waals surface area contributed by atoms with Gasteiger partial charge in [0.2, 0.25) is 0 Å². The number of piperazine rings is 1. The topological polar surface area (TPSA) is 57.5 Å². The van der Waals surface area contributed by atoms with Crippen LogP contribution in [0.3, 0.4) is 0 Å². The van der Waals surface area contributed by atoms with Crippen LogP contribution in [0, 0.1) is 11.8 Å². The third-order valence-electron chi connectivity index (χ3n) is 6.14. The summed E-state index contributed by atoms with van der Waals surface area (Å²) in [6.45, 7) is 5.89. The summed E-state index contributed by atoms with van der Waals surface area (Å²) in [6.07, 6.45) is 8.84. The van der Waals surface area contributed by atoms with Gasteiger partial charge in [0.15, 0.2) is 5.82 Å². The molecule has 1 saturated heterocycles. The van der Waals surface area contributed by atoms with E-state index in [0.29, 0.717) is 11.8 Å². The average molecular weight is 399 g/mol. The van der Waals surface area contributed by atoms with Crippen LogP contribution >= 0.6 is 0 Å². The van der Waals surface area contributed by atoms with E-state index in [1.807, 2.05) is 30.7 Å². The van der Waals surface area contributed by atoms with E-state index in [2.05, 4.69) is 63.1 Å². The number of allylic oxidation sites excluding steroid dienone is 1. The van der Waals surface area contributed by atoms with Crippen molar-refractivity contribution >= 4 is 28.6 Å². The predicted octanol–water partition coefficient (Wildman–Crippen LogP) is 3.74. The molecular weight excluding hydrogens is 372 g/mol. The molecule has 3 aromatic rings. The molecule has 0 saturated carbocycles. The highest BCUT2D eigenvalue weighted by molar-refractivity contribution is 5.93. The second-order valence-corrected chi connectivity index (χ2v) is 8.04. The lowest BCUT2D eigenvalue weighted by Crippen LogP contribution is -2.47. The number of rotatable bonds is 4. The first-order valence-electron chi connectivity index (χ1n) is 10.6. The minimum absolute atomic E-state index is 0.410. The van der Waals surface area contributed by atoms with Crippen LogP contribution in [0.4, 0.5) is 11.6 Å². The highest BCUT2D eigenvalue weighted by Gasteiger charge is 2.23. The van der Waals surface area contributed by atoms with Crippen LogP contribution in [0.2, 0.25) is 0 Å². The summed E-state index contributed by atoms with van der Waals surface area (Å²) in [5.74, 6) is 2.85. The lowest BCUT2D eigenvalue weighted by Gasteiger charge is -2.36. The van der Waals surface area contributed by atoms with Crippen LogP contribution in [-0.4, -0.2) is 47.6 Å². The molecule has 2 aliphatic rings. The Bertz CT molecular complexity index is 1070. The summed E-state index contributed by atoms with van der Waals surface area (Å²) < 4.78 is 0. The molecule has 0 aliphatic carbocycles. The Morgan fingerprint density at radius 3 is 2.43 bits per heavy atom. The minimum atomic E-state index is 0.410. The Balaban J connectivity index is 1.38. The van der Waals surface area contributed by atoms with Crippen molar-refractivity contribution in [3.63, 3.8) is 0 Å². The van der Waals surface area contributed by atoms with E-state index in [0.717, 1.165) is 49.9 Å². The van der Waals surface area contributed by atoms with Crippen molar-refractivity contribution in [2.45, 2.75) is 13.3 Å². The molecule has 2 aromatic heterocycles. The highest BCUT2D eigenvalue weighted by atomic mass is 15.3. The maximum absolute atomic E-state index is 4.70. The molecule has 2 atom stereocenters. The zero-order valence-corrected chi connectivity index (χ0v) is 17.2. The van der Waals surface area contributed by atoms with Crippen LogP contribution in [0.5, 0.6) is 0 Å². The second-order valence-electron chi connectivity index (χ2n) is 8.04. The molecule has 0 bridgehead atoms. The lowest BCUT2D eigenvalue weighted by atomic mass is 9.88. The molecule has 6 heteroatoms. The van der Waals surface area contributed by atoms with Gasteiger partial charge < -0.3 is 9.80 Å². The number of benzene rings is 1. The van der Waals surface area contributed by atoms with Crippen LogP contribution in [0.25, 0.3) is 10.8 Å². The van der Waals surface area contributed by atoms with Gasteiger partial charge in [0, 0.05) is 55.6 Å². The third-order valence-corrected chi connectivity index (χ3v) is 6.14. The standard InChI is InChI=1S/C24H26N6/c1-18-17-25-11-9-19(18)16-22-20-6-2-3-7-21(20)24(28-27-22)30-14-12-29(13-15-30)23-8-4-5-10-26-23/h2-11,17-19H,12-16H2,1H3. The van der Waals surface area contributed by atoms with Gasteiger partial charge in [0.05, 0.1) is 5.69 Å². The van der Waals surface area contributed by atoms with E-state index in [1.54, 1.807) is 0 Å². The Morgan fingerprint density at radius 1 is 0.900 bits per heavy atom. The predicted molar refractivity (Wildman–Crippen MR) is 122 cm³/mol. The number of nitrogens with zero attached hydrogens (tertiary/aromatic N) is 6. The number of anilines is 2. The summed E-state index contributed by atoms with van der Waals surface area (Å²) in [5.41, 5.74) is 1.07. The average Bonchev–Trinajstić information content (AvgIpc) is 2.81. The summed E-state index contributed by atoms with van der Waals surface area (Å²) in [6, 6.07) is 14.6. The molecule has 0 spiro atoms. The Morgan fingerprint density at radius 2 is 1.67 bits per heavy atom. The zero-order valence-electron chi connectivity index (χ0n) is 17.2. The fourth-order valence-electron chi connectivity index (χ4n) is 4.33. The van der Waals surface area contributed by atoms with Gasteiger partial charge in [-0.25, -0.2) is 4.98 Å². The lowest BCUT2D eigenvalue weighted by molar-refractivity contribution is 0.530. The van der Waals surface area contributed by atoms with Crippen LogP contribution in [0.1, 0.15) is 12.6 Å². The Labute approximate surface area is 177 Å². The molecule has 1 aromatic carbocycles. The van der Waals surface area contributed by atoms with Gasteiger partial charge in [-0.1, -0.05) is 43.3 Å². The largest absolute Gasteiger partial charge is 0.353 e. The minimum Gasteiger partial charge on any atom is -0.353 e. The molecule has 4 heterocycles. The van der Waals surface area contributed by atoms with E-state index in [-0.39, 0.29) is 0 Å². The number of pyridine rings is 1. The molecule has 5 rings (SSSR count). The summed E-state index contributed by atoms with van der Waals surface area (Å²) in [5, 5.41) is 11.8. The van der Waals surface area contributed by atoms with Crippen molar-refractivity contribution < 1.29 is 0 Å². The molecule has 0 amide bonds. The fourth-order valence-corrected chi connectivity index (χ4v) is 4.33. The van der Waals surface area contributed by atoms with Gasteiger partial charge in [0.25, 0.3) is 0 Å². The smallest absolute Gasteiger partial charge is 0.159 e. The van der Waals surface area contributed by atoms with Crippen molar-refractivity contribution in [3.8, 4) is 0 Å². The van der Waals surface area contributed by atoms with E-state index in [9.17, 15) is 0 Å². The van der Waals surface area contributed by atoms with Gasteiger partial charge in [-0.2, -0.15) is 5.10 Å². The molecule has 6 nitrogen and oxygen atoms in total. The van der Waals surface area contributed by atoms with E-state index >= 15 is 0 Å². The molecule has 152 valence electrons. The van der Waals surface area contributed by atoms with Crippen molar-refractivity contribution in [2.24, 2.45) is 16.8 Å². The maximum atomic E-state index is 4.70. The molecule has 0 radical (unpaired) electrons. The Hall–Kier alpha value is -3.28. The van der Waals surface area contributed by atoms with Gasteiger partial charge in [-0.3, -0.25) is 4.99 Å². The second kappa shape index (κ2) is 8.22. The molecule has 2 unspecified atom stereocenters. The summed E-state index contributed by atoms with van der Waals surface area (Å²) in [4.78, 5) is 13.4. The molecule has 1 fully saturated rings. The van der Waals surface area contributed by atoms with Gasteiger partial charge in [0.1, 0.15) is 5.82 Å². The Kier molecular flexibility index (Phi) is 5.13. The third kappa shape index (κ3) is 3.65. The first-order chi connectivity index (χ1) is 14.8. The number of hydrogen-bond donors (Lipinski definition) is 0. The molecule has 2 aliphatic heterocycles. The summed E-state index contributed by atoms with van der Waals surface area (Å²) >= 11 is 0. The van der Waals surface area contributed by atoms with Crippen molar-refractivity contribution in [2.75, 3.05) is 36.0 Å². The number of aliphatic imine (C=N–C) groups is 1. The quantitative estimate of drug-likeness (QED) is 0.670. The van der Waals surface area contributed by atoms with Crippen LogP contribution in [0.15, 0.2) is 65.9 Å². The molecule has 30 heavy (non-hydrogen) atoms. The summed E-state index contributed by atoms with van der Waals surface area (Å²) in [7, 11) is 0. The van der Waals surface area contributed by atoms with Gasteiger partial charge in [-0.05, 0) is 30.4 Å². The van der Waals surface area contributed by atoms with Crippen molar-refractivity contribution in [1.29, 1.82) is 0 Å².